The van der Waals surface area contributed by atoms with E-state index in [-0.39, 0.29) is 29.8 Å². The molecule has 1 aliphatic rings. The molecule has 0 spiro atoms. The number of benzene rings is 1. The van der Waals surface area contributed by atoms with Crippen LogP contribution in [0.4, 0.5) is 4.39 Å². The second kappa shape index (κ2) is 12.8. The first-order valence-electron chi connectivity index (χ1n) is 8.51. The minimum Gasteiger partial charge on any atom is -0.381 e. The Morgan fingerprint density at radius 1 is 1.32 bits per heavy atom. The molecule has 7 heteroatoms. The molecule has 0 aliphatic heterocycles. The van der Waals surface area contributed by atoms with Crippen molar-refractivity contribution in [1.82, 2.24) is 10.6 Å². The van der Waals surface area contributed by atoms with E-state index in [1.165, 1.54) is 18.9 Å². The molecule has 0 saturated heterocycles. The van der Waals surface area contributed by atoms with Crippen LogP contribution in [0.15, 0.2) is 23.2 Å². The molecule has 2 rings (SSSR count). The van der Waals surface area contributed by atoms with Gasteiger partial charge >= 0.3 is 0 Å². The van der Waals surface area contributed by atoms with E-state index in [1.807, 2.05) is 12.3 Å². The number of thioether (sulfide) groups is 1. The van der Waals surface area contributed by atoms with Gasteiger partial charge in [0.15, 0.2) is 5.96 Å². The van der Waals surface area contributed by atoms with Gasteiger partial charge in [-0.3, -0.25) is 4.99 Å². The van der Waals surface area contributed by atoms with E-state index in [4.69, 9.17) is 4.74 Å². The maximum atomic E-state index is 13.4. The van der Waals surface area contributed by atoms with Gasteiger partial charge in [0, 0.05) is 39.1 Å². The number of aliphatic imine (C=N–C) groups is 1. The number of nitrogens with zero attached hydrogens (tertiary/aromatic N) is 1. The highest BCUT2D eigenvalue weighted by Crippen LogP contribution is 2.28. The first-order valence-corrected chi connectivity index (χ1v) is 9.90. The number of rotatable bonds is 10. The van der Waals surface area contributed by atoms with Gasteiger partial charge in [0.05, 0.1) is 0 Å². The zero-order valence-corrected chi connectivity index (χ0v) is 18.2. The van der Waals surface area contributed by atoms with Gasteiger partial charge in [-0.2, -0.15) is 11.8 Å². The van der Waals surface area contributed by atoms with Gasteiger partial charge in [-0.1, -0.05) is 6.07 Å². The van der Waals surface area contributed by atoms with Crippen LogP contribution in [0.2, 0.25) is 0 Å². The summed E-state index contributed by atoms with van der Waals surface area (Å²) in [7, 11) is 1.76. The van der Waals surface area contributed by atoms with Gasteiger partial charge in [0.2, 0.25) is 0 Å². The summed E-state index contributed by atoms with van der Waals surface area (Å²) in [5, 5.41) is 6.58. The monoisotopic (exact) mass is 481 g/mol. The summed E-state index contributed by atoms with van der Waals surface area (Å²) in [5.74, 6) is 2.20. The quantitative estimate of drug-likeness (QED) is 0.231. The van der Waals surface area contributed by atoms with Crippen molar-refractivity contribution in [2.75, 3.05) is 33.1 Å². The van der Waals surface area contributed by atoms with Crippen LogP contribution in [0.1, 0.15) is 30.4 Å². The normalized spacial score (nSPS) is 14.1. The minimum absolute atomic E-state index is 0. The zero-order chi connectivity index (χ0) is 17.2. The summed E-state index contributed by atoms with van der Waals surface area (Å²) in [6, 6.07) is 4.96. The molecule has 2 N–H and O–H groups in total. The second-order valence-corrected chi connectivity index (χ2v) is 6.94. The highest BCUT2D eigenvalue weighted by atomic mass is 127. The van der Waals surface area contributed by atoms with Gasteiger partial charge in [0.1, 0.15) is 5.82 Å². The summed E-state index contributed by atoms with van der Waals surface area (Å²) in [4.78, 5) is 4.23. The predicted molar refractivity (Wildman–Crippen MR) is 115 cm³/mol. The van der Waals surface area contributed by atoms with Crippen LogP contribution < -0.4 is 10.6 Å². The third kappa shape index (κ3) is 9.10. The molecule has 1 aromatic carbocycles. The topological polar surface area (TPSA) is 45.7 Å². The molecule has 0 bridgehead atoms. The van der Waals surface area contributed by atoms with Crippen LogP contribution >= 0.6 is 35.7 Å². The fraction of sp³-hybridized carbons (Fsp3) is 0.611. The summed E-state index contributed by atoms with van der Waals surface area (Å²) in [5.41, 5.74) is 2.13. The molecule has 1 fully saturated rings. The second-order valence-electron chi connectivity index (χ2n) is 6.07. The highest BCUT2D eigenvalue weighted by molar-refractivity contribution is 14.0. The van der Waals surface area contributed by atoms with Crippen LogP contribution in [0.5, 0.6) is 0 Å². The Bertz CT molecular complexity index is 541. The fourth-order valence-corrected chi connectivity index (χ4v) is 2.95. The van der Waals surface area contributed by atoms with Crippen LogP contribution in [-0.4, -0.2) is 39.0 Å². The van der Waals surface area contributed by atoms with E-state index >= 15 is 0 Å². The standard InChI is InChI=1S/C18H28FN3OS.HI/c1-20-18(21-8-3-9-23-12-14-4-5-14)22-11-15-6-7-17(19)10-16(15)13-24-2;/h6-7,10,14H,3-5,8-9,11-13H2,1-2H3,(H2,20,21,22);1H. The van der Waals surface area contributed by atoms with Crippen molar-refractivity contribution in [2.45, 2.75) is 31.6 Å². The number of nitrogens with one attached hydrogen (secondary N) is 2. The molecule has 0 radical (unpaired) electrons. The molecule has 1 saturated carbocycles. The van der Waals surface area contributed by atoms with Crippen LogP contribution in [0.3, 0.4) is 0 Å². The SMILES string of the molecule is CN=C(NCCCOCC1CC1)NCc1ccc(F)cc1CSC.I. The summed E-state index contributed by atoms with van der Waals surface area (Å²) in [6.07, 6.45) is 5.64. The molecule has 1 aromatic rings. The van der Waals surface area contributed by atoms with E-state index in [2.05, 4.69) is 15.6 Å². The molecule has 0 amide bonds. The lowest BCUT2D eigenvalue weighted by molar-refractivity contribution is 0.123. The van der Waals surface area contributed by atoms with Crippen LogP contribution in [-0.2, 0) is 17.0 Å². The number of guanidine groups is 1. The third-order valence-electron chi connectivity index (χ3n) is 3.95. The Kier molecular flexibility index (Phi) is 11.5. The Hall–Kier alpha value is -0.540. The average Bonchev–Trinajstić information content (AvgIpc) is 3.39. The van der Waals surface area contributed by atoms with Crippen LogP contribution in [0.25, 0.3) is 0 Å². The van der Waals surface area contributed by atoms with E-state index < -0.39 is 0 Å². The molecule has 4 nitrogen and oxygen atoms in total. The van der Waals surface area contributed by atoms with Gasteiger partial charge in [0.25, 0.3) is 0 Å². The van der Waals surface area contributed by atoms with Gasteiger partial charge in [-0.25, -0.2) is 4.39 Å². The van der Waals surface area contributed by atoms with E-state index in [1.54, 1.807) is 24.9 Å². The zero-order valence-electron chi connectivity index (χ0n) is 15.0. The Morgan fingerprint density at radius 2 is 2.12 bits per heavy atom. The molecule has 0 unspecified atom stereocenters. The summed E-state index contributed by atoms with van der Waals surface area (Å²) < 4.78 is 19.0. The van der Waals surface area contributed by atoms with Gasteiger partial charge in [-0.05, 0) is 54.7 Å². The van der Waals surface area contributed by atoms with Gasteiger partial charge in [-0.15, -0.1) is 24.0 Å². The average molecular weight is 481 g/mol. The lowest BCUT2D eigenvalue weighted by Gasteiger charge is -2.14. The number of halogens is 2. The highest BCUT2D eigenvalue weighted by Gasteiger charge is 2.20. The lowest BCUT2D eigenvalue weighted by Crippen LogP contribution is -2.37. The van der Waals surface area contributed by atoms with Crippen molar-refractivity contribution in [3.8, 4) is 0 Å². The molecule has 0 aromatic heterocycles. The number of hydrogen-bond donors (Lipinski definition) is 2. The van der Waals surface area contributed by atoms with E-state index in [0.29, 0.717) is 6.54 Å². The molecule has 0 heterocycles. The van der Waals surface area contributed by atoms with Crippen molar-refractivity contribution < 1.29 is 9.13 Å². The number of ether oxygens (including phenoxy) is 1. The largest absolute Gasteiger partial charge is 0.381 e. The van der Waals surface area contributed by atoms with Crippen molar-refractivity contribution in [2.24, 2.45) is 10.9 Å². The predicted octanol–water partition coefficient (Wildman–Crippen LogP) is 3.79. The molecular weight excluding hydrogens is 452 g/mol. The smallest absolute Gasteiger partial charge is 0.191 e. The van der Waals surface area contributed by atoms with Crippen molar-refractivity contribution >= 4 is 41.7 Å². The number of hydrogen-bond acceptors (Lipinski definition) is 3. The van der Waals surface area contributed by atoms with Gasteiger partial charge < -0.3 is 15.4 Å². The molecule has 142 valence electrons. The van der Waals surface area contributed by atoms with E-state index in [9.17, 15) is 4.39 Å². The molecular formula is C18H29FIN3OS. The minimum atomic E-state index is -0.184. The first kappa shape index (κ1) is 22.5. The molecule has 1 aliphatic carbocycles. The maximum Gasteiger partial charge on any atom is 0.191 e. The third-order valence-corrected chi connectivity index (χ3v) is 4.55. The van der Waals surface area contributed by atoms with Crippen molar-refractivity contribution in [3.05, 3.63) is 35.1 Å². The Morgan fingerprint density at radius 3 is 2.80 bits per heavy atom. The maximum absolute atomic E-state index is 13.4. The summed E-state index contributed by atoms with van der Waals surface area (Å²) >= 11 is 1.69. The van der Waals surface area contributed by atoms with Crippen LogP contribution in [0, 0.1) is 11.7 Å². The van der Waals surface area contributed by atoms with Crippen molar-refractivity contribution in [1.29, 1.82) is 0 Å². The molecule has 0 atom stereocenters. The summed E-state index contributed by atoms with van der Waals surface area (Å²) in [6.45, 7) is 3.16. The first-order chi connectivity index (χ1) is 11.7. The lowest BCUT2D eigenvalue weighted by atomic mass is 10.1. The Balaban J connectivity index is 0.00000312. The van der Waals surface area contributed by atoms with E-state index in [0.717, 1.165) is 54.9 Å². The fourth-order valence-electron chi connectivity index (χ4n) is 2.37. The Labute approximate surface area is 171 Å². The van der Waals surface area contributed by atoms with Crippen molar-refractivity contribution in [3.63, 3.8) is 0 Å². The molecule has 25 heavy (non-hydrogen) atoms.